The molecule has 0 N–H and O–H groups in total. The Morgan fingerprint density at radius 1 is 0.857 bits per heavy atom. The average Bonchev–Trinajstić information content (AvgIpc) is 3.20. The summed E-state index contributed by atoms with van der Waals surface area (Å²) in [6, 6.07) is 19.4. The zero-order valence-electron chi connectivity index (χ0n) is 15.5. The third kappa shape index (κ3) is 3.64. The first-order chi connectivity index (χ1) is 13.7. The summed E-state index contributed by atoms with van der Waals surface area (Å²) in [5.41, 5.74) is 3.13. The fourth-order valence-corrected chi connectivity index (χ4v) is 3.30. The molecule has 2 aromatic carbocycles. The normalized spacial score (nSPS) is 16.0. The molecule has 28 heavy (non-hydrogen) atoms. The molecule has 0 radical (unpaired) electrons. The van der Waals surface area contributed by atoms with Gasteiger partial charge in [-0.3, -0.25) is 0 Å². The molecule has 142 valence electrons. The maximum atomic E-state index is 5.90. The van der Waals surface area contributed by atoms with Crippen LogP contribution >= 0.6 is 11.6 Å². The quantitative estimate of drug-likeness (QED) is 0.637. The van der Waals surface area contributed by atoms with Crippen LogP contribution in [0.25, 0.3) is 0 Å². The van der Waals surface area contributed by atoms with E-state index in [1.54, 1.807) is 20.3 Å². The first-order valence-corrected chi connectivity index (χ1v) is 9.20. The standard InChI is InChI=1S/C21H19ClN4O2/c1-27-16-7-3-14(4-8-16)18-13-19(15-5-9-17(28-2)10-6-15)26(25-18)21-12-11-20(22)23-24-21/h3-12,19H,13H2,1-2H3. The molecular formula is C21H19ClN4O2. The molecular weight excluding hydrogens is 376 g/mol. The summed E-state index contributed by atoms with van der Waals surface area (Å²) in [6.45, 7) is 0. The van der Waals surface area contributed by atoms with E-state index in [9.17, 15) is 0 Å². The van der Waals surface area contributed by atoms with Gasteiger partial charge in [0.05, 0.1) is 26.0 Å². The van der Waals surface area contributed by atoms with Crippen LogP contribution in [0.1, 0.15) is 23.6 Å². The van der Waals surface area contributed by atoms with Crippen molar-refractivity contribution in [3.8, 4) is 11.5 Å². The van der Waals surface area contributed by atoms with Crippen LogP contribution in [0.15, 0.2) is 65.8 Å². The first kappa shape index (κ1) is 18.3. The van der Waals surface area contributed by atoms with Gasteiger partial charge in [0.1, 0.15) is 11.5 Å². The van der Waals surface area contributed by atoms with E-state index in [0.29, 0.717) is 11.0 Å². The van der Waals surface area contributed by atoms with Gasteiger partial charge >= 0.3 is 0 Å². The lowest BCUT2D eigenvalue weighted by atomic mass is 9.98. The van der Waals surface area contributed by atoms with Crippen molar-refractivity contribution in [3.05, 3.63) is 76.9 Å². The van der Waals surface area contributed by atoms with E-state index in [1.165, 1.54) is 0 Å². The summed E-state index contributed by atoms with van der Waals surface area (Å²) in [5, 5.41) is 15.3. The maximum absolute atomic E-state index is 5.90. The number of anilines is 1. The second kappa shape index (κ2) is 7.86. The number of halogens is 1. The topological polar surface area (TPSA) is 59.8 Å². The smallest absolute Gasteiger partial charge is 0.172 e. The molecule has 1 unspecified atom stereocenters. The molecule has 2 heterocycles. The number of aromatic nitrogens is 2. The summed E-state index contributed by atoms with van der Waals surface area (Å²) in [5.74, 6) is 2.28. The molecule has 0 amide bonds. The van der Waals surface area contributed by atoms with Crippen molar-refractivity contribution in [2.45, 2.75) is 12.5 Å². The van der Waals surface area contributed by atoms with Crippen molar-refractivity contribution in [1.82, 2.24) is 10.2 Å². The summed E-state index contributed by atoms with van der Waals surface area (Å²) < 4.78 is 10.5. The van der Waals surface area contributed by atoms with Crippen LogP contribution in [-0.2, 0) is 0 Å². The number of ether oxygens (including phenoxy) is 2. The molecule has 7 heteroatoms. The molecule has 0 fully saturated rings. The van der Waals surface area contributed by atoms with Crippen LogP contribution in [0.2, 0.25) is 5.15 Å². The van der Waals surface area contributed by atoms with Crippen molar-refractivity contribution >= 4 is 23.1 Å². The van der Waals surface area contributed by atoms with Gasteiger partial charge in [0, 0.05) is 6.42 Å². The summed E-state index contributed by atoms with van der Waals surface area (Å²) >= 11 is 5.90. The third-order valence-corrected chi connectivity index (χ3v) is 4.89. The van der Waals surface area contributed by atoms with E-state index in [1.807, 2.05) is 59.6 Å². The Balaban J connectivity index is 1.70. The van der Waals surface area contributed by atoms with Crippen molar-refractivity contribution in [2.24, 2.45) is 5.10 Å². The molecule has 0 saturated heterocycles. The monoisotopic (exact) mass is 394 g/mol. The number of hydrogen-bond acceptors (Lipinski definition) is 6. The lowest BCUT2D eigenvalue weighted by molar-refractivity contribution is 0.414. The molecule has 0 aliphatic carbocycles. The van der Waals surface area contributed by atoms with Gasteiger partial charge in [-0.25, -0.2) is 5.01 Å². The number of hydrogen-bond donors (Lipinski definition) is 0. The van der Waals surface area contributed by atoms with Crippen LogP contribution in [0.3, 0.4) is 0 Å². The SMILES string of the molecule is COc1ccc(C2=NN(c3ccc(Cl)nn3)C(c3ccc(OC)cc3)C2)cc1. The highest BCUT2D eigenvalue weighted by Gasteiger charge is 2.31. The summed E-state index contributed by atoms with van der Waals surface area (Å²) in [6.07, 6.45) is 0.739. The average molecular weight is 395 g/mol. The first-order valence-electron chi connectivity index (χ1n) is 8.82. The van der Waals surface area contributed by atoms with Gasteiger partial charge in [0.25, 0.3) is 0 Å². The Hall–Kier alpha value is -3.12. The molecule has 0 saturated carbocycles. The Morgan fingerprint density at radius 3 is 2.07 bits per heavy atom. The van der Waals surface area contributed by atoms with E-state index in [4.69, 9.17) is 26.2 Å². The number of methoxy groups -OCH3 is 2. The Bertz CT molecular complexity index is 973. The summed E-state index contributed by atoms with van der Waals surface area (Å²) in [7, 11) is 3.31. The predicted molar refractivity (Wildman–Crippen MR) is 109 cm³/mol. The minimum Gasteiger partial charge on any atom is -0.497 e. The van der Waals surface area contributed by atoms with Crippen molar-refractivity contribution < 1.29 is 9.47 Å². The van der Waals surface area contributed by atoms with E-state index in [-0.39, 0.29) is 6.04 Å². The predicted octanol–water partition coefficient (Wildman–Crippen LogP) is 4.50. The Kier molecular flexibility index (Phi) is 5.12. The van der Waals surface area contributed by atoms with E-state index < -0.39 is 0 Å². The van der Waals surface area contributed by atoms with Crippen LogP contribution in [0.5, 0.6) is 11.5 Å². The molecule has 1 atom stereocenters. The van der Waals surface area contributed by atoms with Gasteiger partial charge in [-0.2, -0.15) is 5.10 Å². The van der Waals surface area contributed by atoms with Gasteiger partial charge in [-0.1, -0.05) is 23.7 Å². The van der Waals surface area contributed by atoms with Crippen molar-refractivity contribution in [1.29, 1.82) is 0 Å². The second-order valence-corrected chi connectivity index (χ2v) is 6.71. The van der Waals surface area contributed by atoms with Gasteiger partial charge < -0.3 is 9.47 Å². The summed E-state index contributed by atoms with van der Waals surface area (Å²) in [4.78, 5) is 0. The molecule has 0 bridgehead atoms. The number of rotatable bonds is 5. The maximum Gasteiger partial charge on any atom is 0.172 e. The molecule has 1 aromatic heterocycles. The Morgan fingerprint density at radius 2 is 1.50 bits per heavy atom. The van der Waals surface area contributed by atoms with Crippen molar-refractivity contribution in [3.63, 3.8) is 0 Å². The minimum atomic E-state index is -0.00140. The second-order valence-electron chi connectivity index (χ2n) is 6.33. The van der Waals surface area contributed by atoms with E-state index >= 15 is 0 Å². The number of hydrazone groups is 1. The molecule has 0 spiro atoms. The van der Waals surface area contributed by atoms with Crippen LogP contribution < -0.4 is 14.5 Å². The van der Waals surface area contributed by atoms with Gasteiger partial charge in [0.15, 0.2) is 11.0 Å². The number of nitrogens with zero attached hydrogens (tertiary/aromatic N) is 4. The lowest BCUT2D eigenvalue weighted by Gasteiger charge is -2.22. The van der Waals surface area contributed by atoms with E-state index in [0.717, 1.165) is 34.8 Å². The third-order valence-electron chi connectivity index (χ3n) is 4.69. The largest absolute Gasteiger partial charge is 0.497 e. The van der Waals surface area contributed by atoms with Crippen molar-refractivity contribution in [2.75, 3.05) is 19.2 Å². The number of benzene rings is 2. The molecule has 4 rings (SSSR count). The zero-order valence-corrected chi connectivity index (χ0v) is 16.3. The molecule has 1 aliphatic rings. The van der Waals surface area contributed by atoms with E-state index in [2.05, 4.69) is 10.2 Å². The van der Waals surface area contributed by atoms with Gasteiger partial charge in [-0.15, -0.1) is 10.2 Å². The molecule has 1 aliphatic heterocycles. The fourth-order valence-electron chi connectivity index (χ4n) is 3.20. The molecule has 6 nitrogen and oxygen atoms in total. The lowest BCUT2D eigenvalue weighted by Crippen LogP contribution is -2.19. The highest BCUT2D eigenvalue weighted by atomic mass is 35.5. The van der Waals surface area contributed by atoms with Crippen LogP contribution in [-0.4, -0.2) is 30.1 Å². The zero-order chi connectivity index (χ0) is 19.5. The molecule has 3 aromatic rings. The Labute approximate surface area is 168 Å². The fraction of sp³-hybridized carbons (Fsp3) is 0.190. The van der Waals surface area contributed by atoms with Crippen LogP contribution in [0, 0.1) is 0 Å². The van der Waals surface area contributed by atoms with Crippen LogP contribution in [0.4, 0.5) is 5.82 Å². The van der Waals surface area contributed by atoms with Gasteiger partial charge in [0.2, 0.25) is 0 Å². The highest BCUT2D eigenvalue weighted by Crippen LogP contribution is 2.36. The highest BCUT2D eigenvalue weighted by molar-refractivity contribution is 6.29. The van der Waals surface area contributed by atoms with Gasteiger partial charge in [-0.05, 0) is 59.7 Å². The minimum absolute atomic E-state index is 0.00140.